The second kappa shape index (κ2) is 6.29. The Morgan fingerprint density at radius 3 is 2.38 bits per heavy atom. The van der Waals surface area contributed by atoms with Gasteiger partial charge in [0, 0.05) is 13.1 Å². The van der Waals surface area contributed by atoms with Gasteiger partial charge in [-0.25, -0.2) is 0 Å². The van der Waals surface area contributed by atoms with Crippen LogP contribution in [0.4, 0.5) is 0 Å². The summed E-state index contributed by atoms with van der Waals surface area (Å²) >= 11 is 0. The van der Waals surface area contributed by atoms with Crippen LogP contribution >= 0.6 is 0 Å². The fraction of sp³-hybridized carbons (Fsp3) is 0.529. The summed E-state index contributed by atoms with van der Waals surface area (Å²) in [5, 5.41) is 0. The molecule has 0 radical (unpaired) electrons. The lowest BCUT2D eigenvalue weighted by Gasteiger charge is -2.39. The summed E-state index contributed by atoms with van der Waals surface area (Å²) in [6.07, 6.45) is 0.878. The molecule has 1 atom stereocenters. The molecule has 4 nitrogen and oxygen atoms in total. The minimum Gasteiger partial charge on any atom is -0.332 e. The van der Waals surface area contributed by atoms with Crippen LogP contribution in [-0.4, -0.2) is 40.7 Å². The van der Waals surface area contributed by atoms with Crippen LogP contribution in [0.1, 0.15) is 37.0 Å². The number of piperazine rings is 1. The van der Waals surface area contributed by atoms with Gasteiger partial charge >= 0.3 is 0 Å². The fourth-order valence-corrected chi connectivity index (χ4v) is 2.90. The van der Waals surface area contributed by atoms with Gasteiger partial charge in [-0.2, -0.15) is 0 Å². The van der Waals surface area contributed by atoms with Gasteiger partial charge < -0.3 is 9.80 Å². The molecule has 0 saturated carbocycles. The van der Waals surface area contributed by atoms with Crippen LogP contribution in [0, 0.1) is 13.8 Å². The van der Waals surface area contributed by atoms with Crippen molar-refractivity contribution in [2.75, 3.05) is 13.1 Å². The van der Waals surface area contributed by atoms with Crippen LogP contribution in [0.15, 0.2) is 18.2 Å². The summed E-state index contributed by atoms with van der Waals surface area (Å²) in [6, 6.07) is 5.74. The third-order valence-corrected chi connectivity index (χ3v) is 4.25. The van der Waals surface area contributed by atoms with E-state index in [1.165, 1.54) is 11.1 Å². The van der Waals surface area contributed by atoms with Crippen molar-refractivity contribution in [2.24, 2.45) is 0 Å². The van der Waals surface area contributed by atoms with Crippen LogP contribution in [0.3, 0.4) is 0 Å². The topological polar surface area (TPSA) is 40.6 Å². The van der Waals surface area contributed by atoms with E-state index in [0.29, 0.717) is 13.1 Å². The maximum Gasteiger partial charge on any atom is 0.245 e. The second-order valence-electron chi connectivity index (χ2n) is 5.83. The van der Waals surface area contributed by atoms with Gasteiger partial charge in [-0.3, -0.25) is 9.59 Å². The van der Waals surface area contributed by atoms with E-state index in [0.717, 1.165) is 12.0 Å². The summed E-state index contributed by atoms with van der Waals surface area (Å²) in [7, 11) is 0. The zero-order chi connectivity index (χ0) is 15.6. The predicted octanol–water partition coefficient (Wildman–Crippen LogP) is 2.27. The Kier molecular flexibility index (Phi) is 4.66. The Balaban J connectivity index is 2.21. The summed E-state index contributed by atoms with van der Waals surface area (Å²) in [5.41, 5.74) is 3.48. The molecule has 2 rings (SSSR count). The molecule has 1 aromatic carbocycles. The molecule has 2 amide bonds. The normalized spacial score (nSPS) is 19.3. The minimum absolute atomic E-state index is 0.0400. The minimum atomic E-state index is -0.378. The largest absolute Gasteiger partial charge is 0.332 e. The molecular weight excluding hydrogens is 264 g/mol. The third kappa shape index (κ3) is 3.09. The van der Waals surface area contributed by atoms with E-state index in [9.17, 15) is 9.59 Å². The van der Waals surface area contributed by atoms with Crippen LogP contribution in [0.5, 0.6) is 0 Å². The van der Waals surface area contributed by atoms with Crippen molar-refractivity contribution in [1.29, 1.82) is 0 Å². The third-order valence-electron chi connectivity index (χ3n) is 4.25. The Bertz CT molecular complexity index is 533. The van der Waals surface area contributed by atoms with Gasteiger partial charge in [-0.05, 0) is 43.9 Å². The summed E-state index contributed by atoms with van der Waals surface area (Å²) in [5.74, 6) is 0.0980. The first-order valence-corrected chi connectivity index (χ1v) is 7.59. The number of hydrogen-bond donors (Lipinski definition) is 0. The number of hydrogen-bond acceptors (Lipinski definition) is 2. The molecule has 1 saturated heterocycles. The number of rotatable bonds is 4. The lowest BCUT2D eigenvalue weighted by molar-refractivity contribution is -0.155. The molecule has 1 aromatic rings. The second-order valence-corrected chi connectivity index (χ2v) is 5.83. The average molecular weight is 288 g/mol. The Morgan fingerprint density at radius 1 is 1.19 bits per heavy atom. The van der Waals surface area contributed by atoms with Crippen LogP contribution in [-0.2, 0) is 16.1 Å². The van der Waals surface area contributed by atoms with E-state index >= 15 is 0 Å². The Morgan fingerprint density at radius 2 is 1.81 bits per heavy atom. The quantitative estimate of drug-likeness (QED) is 0.853. The van der Waals surface area contributed by atoms with Crippen molar-refractivity contribution in [3.8, 4) is 0 Å². The molecule has 114 valence electrons. The molecule has 1 aliphatic heterocycles. The van der Waals surface area contributed by atoms with Gasteiger partial charge in [0.05, 0.1) is 6.54 Å². The number of nitrogens with zero attached hydrogens (tertiary/aromatic N) is 2. The van der Waals surface area contributed by atoms with Gasteiger partial charge in [0.25, 0.3) is 0 Å². The van der Waals surface area contributed by atoms with E-state index in [1.54, 1.807) is 9.80 Å². The average Bonchev–Trinajstić information content (AvgIpc) is 2.43. The molecule has 0 spiro atoms. The van der Waals surface area contributed by atoms with Gasteiger partial charge in [0.15, 0.2) is 0 Å². The first-order chi connectivity index (χ1) is 9.95. The fourth-order valence-electron chi connectivity index (χ4n) is 2.90. The van der Waals surface area contributed by atoms with Crippen molar-refractivity contribution >= 4 is 11.8 Å². The van der Waals surface area contributed by atoms with Crippen molar-refractivity contribution in [3.63, 3.8) is 0 Å². The molecular formula is C17H24N2O2. The summed E-state index contributed by atoms with van der Waals surface area (Å²) < 4.78 is 0. The highest BCUT2D eigenvalue weighted by molar-refractivity contribution is 5.94. The number of aryl methyl sites for hydroxylation is 2. The lowest BCUT2D eigenvalue weighted by Crippen LogP contribution is -2.58. The van der Waals surface area contributed by atoms with E-state index < -0.39 is 0 Å². The monoisotopic (exact) mass is 288 g/mol. The highest BCUT2D eigenvalue weighted by Crippen LogP contribution is 2.20. The molecule has 1 fully saturated rings. The number of carbonyl (C=O) groups excluding carboxylic acids is 2. The molecule has 1 aliphatic rings. The van der Waals surface area contributed by atoms with Gasteiger partial charge in [0.1, 0.15) is 6.04 Å². The Hall–Kier alpha value is -1.84. The summed E-state index contributed by atoms with van der Waals surface area (Å²) in [6.45, 7) is 9.33. The van der Waals surface area contributed by atoms with Crippen molar-refractivity contribution < 1.29 is 9.59 Å². The smallest absolute Gasteiger partial charge is 0.245 e. The standard InChI is InChI=1S/C17H24N2O2/c1-5-9-18-11-16(20)19(14(4)17(18)21)10-15-12(2)7-6-8-13(15)3/h6-8,14H,5,9-11H2,1-4H3/t14-/m1/s1. The van der Waals surface area contributed by atoms with Gasteiger partial charge in [-0.1, -0.05) is 25.1 Å². The molecule has 1 heterocycles. The zero-order valence-corrected chi connectivity index (χ0v) is 13.3. The van der Waals surface area contributed by atoms with Gasteiger partial charge in [-0.15, -0.1) is 0 Å². The maximum atomic E-state index is 12.4. The molecule has 4 heteroatoms. The first kappa shape index (κ1) is 15.5. The molecule has 0 N–H and O–H groups in total. The molecule has 0 bridgehead atoms. The Labute approximate surface area is 126 Å². The van der Waals surface area contributed by atoms with Gasteiger partial charge in [0.2, 0.25) is 11.8 Å². The van der Waals surface area contributed by atoms with E-state index in [4.69, 9.17) is 0 Å². The molecule has 21 heavy (non-hydrogen) atoms. The zero-order valence-electron chi connectivity index (χ0n) is 13.3. The van der Waals surface area contributed by atoms with E-state index in [1.807, 2.05) is 45.9 Å². The molecule has 0 aromatic heterocycles. The van der Waals surface area contributed by atoms with Crippen molar-refractivity contribution in [3.05, 3.63) is 34.9 Å². The predicted molar refractivity (Wildman–Crippen MR) is 82.8 cm³/mol. The van der Waals surface area contributed by atoms with Crippen molar-refractivity contribution in [1.82, 2.24) is 9.80 Å². The van der Waals surface area contributed by atoms with Crippen LogP contribution < -0.4 is 0 Å². The molecule has 0 aliphatic carbocycles. The number of benzene rings is 1. The highest BCUT2D eigenvalue weighted by atomic mass is 16.2. The van der Waals surface area contributed by atoms with Crippen molar-refractivity contribution in [2.45, 2.75) is 46.7 Å². The first-order valence-electron chi connectivity index (χ1n) is 7.59. The van der Waals surface area contributed by atoms with E-state index in [2.05, 4.69) is 0 Å². The maximum absolute atomic E-state index is 12.4. The number of carbonyl (C=O) groups is 2. The number of amides is 2. The van der Waals surface area contributed by atoms with Crippen LogP contribution in [0.2, 0.25) is 0 Å². The van der Waals surface area contributed by atoms with Crippen LogP contribution in [0.25, 0.3) is 0 Å². The SMILES string of the molecule is CCCN1CC(=O)N(Cc2c(C)cccc2C)[C@H](C)C1=O. The summed E-state index contributed by atoms with van der Waals surface area (Å²) in [4.78, 5) is 28.1. The molecule has 0 unspecified atom stereocenters. The van der Waals surface area contributed by atoms with E-state index in [-0.39, 0.29) is 24.4 Å². The lowest BCUT2D eigenvalue weighted by atomic mass is 10.0. The highest BCUT2D eigenvalue weighted by Gasteiger charge is 2.36.